The minimum Gasteiger partial charge on any atom is -0.366 e. The van der Waals surface area contributed by atoms with Gasteiger partial charge in [-0.3, -0.25) is 9.59 Å². The van der Waals surface area contributed by atoms with Crippen molar-refractivity contribution in [3.05, 3.63) is 74.6 Å². The van der Waals surface area contributed by atoms with Crippen molar-refractivity contribution in [3.8, 4) is 0 Å². The zero-order chi connectivity index (χ0) is 15.7. The van der Waals surface area contributed by atoms with E-state index >= 15 is 0 Å². The van der Waals surface area contributed by atoms with Crippen molar-refractivity contribution in [3.63, 3.8) is 0 Å². The fraction of sp³-hybridized carbons (Fsp3) is 0.0625. The third-order valence-corrected chi connectivity index (χ3v) is 3.98. The summed E-state index contributed by atoms with van der Waals surface area (Å²) in [5.74, 6) is -0.477. The quantitative estimate of drug-likeness (QED) is 0.781. The van der Waals surface area contributed by atoms with Gasteiger partial charge in [-0.1, -0.05) is 30.3 Å². The Morgan fingerprint density at radius 3 is 2.36 bits per heavy atom. The van der Waals surface area contributed by atoms with Crippen LogP contribution >= 0.6 is 15.9 Å². The smallest absolute Gasteiger partial charge is 0.275 e. The van der Waals surface area contributed by atoms with Crippen molar-refractivity contribution in [2.75, 3.05) is 0 Å². The van der Waals surface area contributed by atoms with Gasteiger partial charge in [0.25, 0.3) is 5.56 Å². The predicted octanol–water partition coefficient (Wildman–Crippen LogP) is 2.31. The maximum absolute atomic E-state index is 12.5. The number of nitrogens with two attached hydrogens (primary N) is 1. The van der Waals surface area contributed by atoms with E-state index in [0.29, 0.717) is 22.1 Å². The molecule has 3 aromatic rings. The molecule has 2 N–H and O–H groups in total. The molecule has 1 aromatic heterocycles. The van der Waals surface area contributed by atoms with E-state index in [1.807, 2.05) is 18.2 Å². The molecule has 0 bridgehead atoms. The number of nitrogens with zero attached hydrogens (tertiary/aromatic N) is 2. The number of primary amides is 1. The Hall–Kier alpha value is -2.47. The highest BCUT2D eigenvalue weighted by molar-refractivity contribution is 9.10. The highest BCUT2D eigenvalue weighted by atomic mass is 79.9. The first-order valence-corrected chi connectivity index (χ1v) is 7.39. The number of hydrogen-bond acceptors (Lipinski definition) is 3. The van der Waals surface area contributed by atoms with E-state index in [0.717, 1.165) is 10.9 Å². The summed E-state index contributed by atoms with van der Waals surface area (Å²) in [5.41, 5.74) is 6.35. The van der Waals surface area contributed by atoms with E-state index in [9.17, 15) is 9.59 Å². The average molecular weight is 358 g/mol. The SMILES string of the molecule is NC(=O)c1ccc(Cn2nc(Br)c3ccccc3c2=O)cc1. The van der Waals surface area contributed by atoms with E-state index in [1.54, 1.807) is 30.3 Å². The summed E-state index contributed by atoms with van der Waals surface area (Å²) < 4.78 is 2.02. The molecule has 0 saturated carbocycles. The van der Waals surface area contributed by atoms with Gasteiger partial charge in [-0.2, -0.15) is 5.10 Å². The van der Waals surface area contributed by atoms with Crippen molar-refractivity contribution in [2.45, 2.75) is 6.54 Å². The van der Waals surface area contributed by atoms with Gasteiger partial charge in [0, 0.05) is 10.9 Å². The number of fused-ring (bicyclic) bond motifs is 1. The lowest BCUT2D eigenvalue weighted by Crippen LogP contribution is -2.24. The second-order valence-corrected chi connectivity index (χ2v) is 5.61. The molecule has 0 saturated heterocycles. The molecule has 22 heavy (non-hydrogen) atoms. The Bertz CT molecular complexity index is 917. The highest BCUT2D eigenvalue weighted by Crippen LogP contribution is 2.18. The average Bonchev–Trinajstić information content (AvgIpc) is 2.53. The molecule has 1 amide bonds. The second-order valence-electron chi connectivity index (χ2n) is 4.86. The summed E-state index contributed by atoms with van der Waals surface area (Å²) in [4.78, 5) is 23.5. The van der Waals surface area contributed by atoms with Gasteiger partial charge >= 0.3 is 0 Å². The summed E-state index contributed by atoms with van der Waals surface area (Å²) >= 11 is 3.39. The maximum atomic E-state index is 12.5. The fourth-order valence-corrected chi connectivity index (χ4v) is 2.79. The molecule has 5 nitrogen and oxygen atoms in total. The number of halogens is 1. The minimum absolute atomic E-state index is 0.155. The zero-order valence-electron chi connectivity index (χ0n) is 11.5. The van der Waals surface area contributed by atoms with Gasteiger partial charge in [0.15, 0.2) is 0 Å². The standard InChI is InChI=1S/C16H12BrN3O2/c17-14-12-3-1-2-4-13(12)16(22)20(19-14)9-10-5-7-11(8-6-10)15(18)21/h1-8H,9H2,(H2,18,21). The van der Waals surface area contributed by atoms with E-state index in [-0.39, 0.29) is 5.56 Å². The van der Waals surface area contributed by atoms with Gasteiger partial charge in [0.1, 0.15) is 4.60 Å². The summed E-state index contributed by atoms with van der Waals surface area (Å²) in [6.07, 6.45) is 0. The van der Waals surface area contributed by atoms with Crippen LogP contribution in [0.4, 0.5) is 0 Å². The molecule has 0 fully saturated rings. The molecule has 1 heterocycles. The summed E-state index contributed by atoms with van der Waals surface area (Å²) in [6.45, 7) is 0.321. The predicted molar refractivity (Wildman–Crippen MR) is 87.8 cm³/mol. The third-order valence-electron chi connectivity index (χ3n) is 3.39. The lowest BCUT2D eigenvalue weighted by atomic mass is 10.1. The molecule has 3 rings (SSSR count). The topological polar surface area (TPSA) is 78.0 Å². The number of carbonyl (C=O) groups is 1. The van der Waals surface area contributed by atoms with Gasteiger partial charge in [-0.25, -0.2) is 4.68 Å². The van der Waals surface area contributed by atoms with Crippen molar-refractivity contribution < 1.29 is 4.79 Å². The molecule has 110 valence electrons. The first-order chi connectivity index (χ1) is 10.6. The van der Waals surface area contributed by atoms with Gasteiger partial charge in [0.05, 0.1) is 11.9 Å². The highest BCUT2D eigenvalue weighted by Gasteiger charge is 2.09. The van der Waals surface area contributed by atoms with Crippen LogP contribution in [0.5, 0.6) is 0 Å². The van der Waals surface area contributed by atoms with Crippen LogP contribution in [0.15, 0.2) is 57.9 Å². The molecule has 0 unspecified atom stereocenters. The molecular formula is C16H12BrN3O2. The number of hydrogen-bond donors (Lipinski definition) is 1. The maximum Gasteiger partial charge on any atom is 0.275 e. The normalized spacial score (nSPS) is 10.8. The summed E-state index contributed by atoms with van der Waals surface area (Å²) in [5, 5.41) is 5.68. The van der Waals surface area contributed by atoms with Crippen LogP contribution in [0.2, 0.25) is 0 Å². The van der Waals surface area contributed by atoms with E-state index < -0.39 is 5.91 Å². The summed E-state index contributed by atoms with van der Waals surface area (Å²) in [6, 6.07) is 14.1. The number of aromatic nitrogens is 2. The lowest BCUT2D eigenvalue weighted by molar-refractivity contribution is 0.100. The van der Waals surface area contributed by atoms with E-state index in [1.165, 1.54) is 4.68 Å². The fourth-order valence-electron chi connectivity index (χ4n) is 2.25. The monoisotopic (exact) mass is 357 g/mol. The second kappa shape index (κ2) is 5.73. The van der Waals surface area contributed by atoms with Crippen LogP contribution in [0.1, 0.15) is 15.9 Å². The molecule has 0 radical (unpaired) electrons. The van der Waals surface area contributed by atoms with Crippen LogP contribution in [0, 0.1) is 0 Å². The van der Waals surface area contributed by atoms with Crippen molar-refractivity contribution in [1.82, 2.24) is 9.78 Å². The Balaban J connectivity index is 2.02. The van der Waals surface area contributed by atoms with E-state index in [2.05, 4.69) is 21.0 Å². The largest absolute Gasteiger partial charge is 0.366 e. The molecule has 0 aliphatic heterocycles. The Morgan fingerprint density at radius 1 is 1.09 bits per heavy atom. The van der Waals surface area contributed by atoms with Crippen LogP contribution in [-0.4, -0.2) is 15.7 Å². The lowest BCUT2D eigenvalue weighted by Gasteiger charge is -2.08. The molecule has 0 aliphatic carbocycles. The van der Waals surface area contributed by atoms with Crippen LogP contribution in [-0.2, 0) is 6.54 Å². The van der Waals surface area contributed by atoms with Gasteiger partial charge in [-0.05, 0) is 39.7 Å². The number of benzene rings is 2. The molecular weight excluding hydrogens is 346 g/mol. The van der Waals surface area contributed by atoms with Crippen LogP contribution < -0.4 is 11.3 Å². The molecule has 0 spiro atoms. The number of amides is 1. The first kappa shape index (κ1) is 14.5. The van der Waals surface area contributed by atoms with Gasteiger partial charge < -0.3 is 5.73 Å². The molecule has 6 heteroatoms. The molecule has 2 aromatic carbocycles. The van der Waals surface area contributed by atoms with Crippen molar-refractivity contribution >= 4 is 32.6 Å². The Labute approximate surface area is 134 Å². The first-order valence-electron chi connectivity index (χ1n) is 6.60. The zero-order valence-corrected chi connectivity index (χ0v) is 13.1. The molecule has 0 atom stereocenters. The van der Waals surface area contributed by atoms with Crippen LogP contribution in [0.3, 0.4) is 0 Å². The Morgan fingerprint density at radius 2 is 1.73 bits per heavy atom. The van der Waals surface area contributed by atoms with Crippen molar-refractivity contribution in [1.29, 1.82) is 0 Å². The number of carbonyl (C=O) groups excluding carboxylic acids is 1. The number of rotatable bonds is 3. The van der Waals surface area contributed by atoms with Gasteiger partial charge in [0.2, 0.25) is 5.91 Å². The Kier molecular flexibility index (Phi) is 3.77. The van der Waals surface area contributed by atoms with Crippen molar-refractivity contribution in [2.24, 2.45) is 5.73 Å². The minimum atomic E-state index is -0.477. The summed E-state index contributed by atoms with van der Waals surface area (Å²) in [7, 11) is 0. The van der Waals surface area contributed by atoms with E-state index in [4.69, 9.17) is 5.73 Å². The van der Waals surface area contributed by atoms with Crippen LogP contribution in [0.25, 0.3) is 10.8 Å². The third kappa shape index (κ3) is 2.65. The molecule has 0 aliphatic rings. The van der Waals surface area contributed by atoms with Gasteiger partial charge in [-0.15, -0.1) is 0 Å².